The number of anilines is 4. The zero-order chi connectivity index (χ0) is 43.0. The lowest BCUT2D eigenvalue weighted by molar-refractivity contribution is 0.483. The molecule has 5 nitrogen and oxygen atoms in total. The van der Waals surface area contributed by atoms with Crippen molar-refractivity contribution in [2.24, 2.45) is 0 Å². The van der Waals surface area contributed by atoms with E-state index in [4.69, 9.17) is 9.72 Å². The molecule has 6 heteroatoms. The van der Waals surface area contributed by atoms with E-state index in [1.807, 2.05) is 36.5 Å². The molecule has 0 radical (unpaired) electrons. The number of hydrogen-bond acceptors (Lipinski definition) is 4. The predicted molar refractivity (Wildman–Crippen MR) is 253 cm³/mol. The van der Waals surface area contributed by atoms with Crippen molar-refractivity contribution in [3.8, 4) is 28.4 Å². The molecule has 0 aliphatic carbocycles. The van der Waals surface area contributed by atoms with Crippen molar-refractivity contribution in [2.75, 3.05) is 16.5 Å². The van der Waals surface area contributed by atoms with Crippen molar-refractivity contribution in [3.63, 3.8) is 0 Å². The van der Waals surface area contributed by atoms with Crippen LogP contribution in [0.2, 0.25) is 0 Å². The van der Waals surface area contributed by atoms with Gasteiger partial charge in [-0.25, -0.2) is 9.37 Å². The van der Waals surface area contributed by atoms with E-state index in [0.29, 0.717) is 12.4 Å². The Kier molecular flexibility index (Phi) is 9.62. The highest BCUT2D eigenvalue weighted by atomic mass is 19.1. The fourth-order valence-corrected chi connectivity index (χ4v) is 8.54. The van der Waals surface area contributed by atoms with Crippen molar-refractivity contribution in [3.05, 3.63) is 168 Å². The molecule has 0 atom stereocenters. The van der Waals surface area contributed by atoms with Crippen LogP contribution in [0.4, 0.5) is 27.1 Å². The van der Waals surface area contributed by atoms with Crippen LogP contribution in [-0.4, -0.2) is 16.2 Å². The Balaban J connectivity index is 1.06. The fraction of sp³-hybridized carbons (Fsp3) is 0.255. The van der Waals surface area contributed by atoms with Gasteiger partial charge < -0.3 is 14.5 Å². The number of ether oxygens (including phenoxy) is 1. The molecule has 0 bridgehead atoms. The zero-order valence-electron chi connectivity index (χ0n) is 37.1. The molecule has 308 valence electrons. The number of nitrogens with zero attached hydrogens (tertiary/aromatic N) is 4. The average Bonchev–Trinajstić information content (AvgIpc) is 3.76. The molecule has 0 fully saturated rings. The quantitative estimate of drug-likeness (QED) is 0.168. The van der Waals surface area contributed by atoms with E-state index in [1.165, 1.54) is 34.1 Å². The molecule has 0 spiro atoms. The van der Waals surface area contributed by atoms with Crippen LogP contribution in [0.1, 0.15) is 84.6 Å². The van der Waals surface area contributed by atoms with Crippen LogP contribution in [0.15, 0.2) is 140 Å². The third kappa shape index (κ3) is 7.54. The molecule has 0 unspecified atom stereocenters. The molecule has 0 amide bonds. The van der Waals surface area contributed by atoms with Crippen LogP contribution >= 0.6 is 0 Å². The van der Waals surface area contributed by atoms with Crippen molar-refractivity contribution < 1.29 is 9.13 Å². The Bertz CT molecular complexity index is 2930. The van der Waals surface area contributed by atoms with Gasteiger partial charge >= 0.3 is 0 Å². The lowest BCUT2D eigenvalue weighted by atomic mass is 9.80. The van der Waals surface area contributed by atoms with Crippen molar-refractivity contribution in [2.45, 2.75) is 85.5 Å². The SMILES string of the molecule is Cc1cc(-n2c3ccc(F)cc3c3ccc(Oc4cccc(N5CN(c6cc(C(C)(C)C)cc(C(C)(C)C)c6)c6ccccc65)c4)cc32)ncc1-c1ccc(C(C)(C)C)cc1. The second-order valence-corrected chi connectivity index (χ2v) is 19.7. The number of fused-ring (bicyclic) bond motifs is 4. The Hall–Kier alpha value is -6.40. The van der Waals surface area contributed by atoms with E-state index >= 15 is 0 Å². The molecule has 0 N–H and O–H groups in total. The number of benzene rings is 6. The molecule has 9 rings (SSSR count). The Morgan fingerprint density at radius 3 is 1.82 bits per heavy atom. The summed E-state index contributed by atoms with van der Waals surface area (Å²) < 4.78 is 23.6. The maximum absolute atomic E-state index is 14.8. The molecule has 3 heterocycles. The summed E-state index contributed by atoms with van der Waals surface area (Å²) in [6.07, 6.45) is 1.95. The predicted octanol–water partition coefficient (Wildman–Crippen LogP) is 15.2. The van der Waals surface area contributed by atoms with Gasteiger partial charge in [-0.05, 0) is 124 Å². The Morgan fingerprint density at radius 1 is 0.541 bits per heavy atom. The number of aryl methyl sites for hydroxylation is 1. The van der Waals surface area contributed by atoms with E-state index in [2.05, 4.69) is 175 Å². The smallest absolute Gasteiger partial charge is 0.137 e. The molecule has 1 aliphatic rings. The Labute approximate surface area is 360 Å². The minimum atomic E-state index is -0.277. The molecule has 1 aliphatic heterocycles. The lowest BCUT2D eigenvalue weighted by Crippen LogP contribution is -2.25. The monoisotopic (exact) mass is 806 g/mol. The first-order chi connectivity index (χ1) is 28.9. The van der Waals surface area contributed by atoms with Gasteiger partial charge in [-0.15, -0.1) is 0 Å². The summed E-state index contributed by atoms with van der Waals surface area (Å²) in [5.74, 6) is 1.89. The molecular weight excluding hydrogens is 752 g/mol. The topological polar surface area (TPSA) is 33.5 Å². The number of rotatable bonds is 6. The van der Waals surface area contributed by atoms with E-state index in [0.717, 1.165) is 61.4 Å². The number of hydrogen-bond donors (Lipinski definition) is 0. The Morgan fingerprint density at radius 2 is 1.18 bits per heavy atom. The summed E-state index contributed by atoms with van der Waals surface area (Å²) in [5.41, 5.74) is 13.7. The highest BCUT2D eigenvalue weighted by Crippen LogP contribution is 2.46. The number of pyridine rings is 1. The second kappa shape index (κ2) is 14.7. The third-order valence-electron chi connectivity index (χ3n) is 12.2. The summed E-state index contributed by atoms with van der Waals surface area (Å²) in [4.78, 5) is 9.80. The van der Waals surface area contributed by atoms with Gasteiger partial charge in [0.15, 0.2) is 0 Å². The molecular formula is C55H55FN4O. The van der Waals surface area contributed by atoms with Gasteiger partial charge in [0.1, 0.15) is 29.8 Å². The van der Waals surface area contributed by atoms with Gasteiger partial charge in [-0.1, -0.05) is 111 Å². The van der Waals surface area contributed by atoms with E-state index < -0.39 is 0 Å². The highest BCUT2D eigenvalue weighted by Gasteiger charge is 2.30. The van der Waals surface area contributed by atoms with Crippen LogP contribution < -0.4 is 14.5 Å². The largest absolute Gasteiger partial charge is 0.457 e. The van der Waals surface area contributed by atoms with Crippen LogP contribution in [0.3, 0.4) is 0 Å². The summed E-state index contributed by atoms with van der Waals surface area (Å²) >= 11 is 0. The molecule has 0 saturated carbocycles. The van der Waals surface area contributed by atoms with E-state index in [1.54, 1.807) is 6.07 Å². The minimum Gasteiger partial charge on any atom is -0.457 e. The molecule has 8 aromatic rings. The zero-order valence-corrected chi connectivity index (χ0v) is 37.1. The van der Waals surface area contributed by atoms with Crippen LogP contribution in [0, 0.1) is 12.7 Å². The fourth-order valence-electron chi connectivity index (χ4n) is 8.54. The van der Waals surface area contributed by atoms with Crippen molar-refractivity contribution >= 4 is 44.6 Å². The van der Waals surface area contributed by atoms with Crippen molar-refractivity contribution in [1.29, 1.82) is 0 Å². The maximum Gasteiger partial charge on any atom is 0.137 e. The van der Waals surface area contributed by atoms with Gasteiger partial charge in [-0.2, -0.15) is 0 Å². The first-order valence-corrected chi connectivity index (χ1v) is 21.3. The molecule has 2 aromatic heterocycles. The highest BCUT2D eigenvalue weighted by molar-refractivity contribution is 6.09. The van der Waals surface area contributed by atoms with Crippen LogP contribution in [0.25, 0.3) is 38.8 Å². The van der Waals surface area contributed by atoms with Gasteiger partial charge in [0.25, 0.3) is 0 Å². The van der Waals surface area contributed by atoms with E-state index in [-0.39, 0.29) is 22.1 Å². The number of para-hydroxylation sites is 2. The minimum absolute atomic E-state index is 0.00757. The van der Waals surface area contributed by atoms with Gasteiger partial charge in [0.05, 0.1) is 22.4 Å². The summed E-state index contributed by atoms with van der Waals surface area (Å²) in [6, 6.07) is 45.9. The van der Waals surface area contributed by atoms with Gasteiger partial charge in [-0.3, -0.25) is 4.57 Å². The first kappa shape index (κ1) is 40.0. The van der Waals surface area contributed by atoms with Crippen LogP contribution in [0.5, 0.6) is 11.5 Å². The van der Waals surface area contributed by atoms with E-state index in [9.17, 15) is 4.39 Å². The first-order valence-electron chi connectivity index (χ1n) is 21.3. The number of aromatic nitrogens is 2. The molecule has 61 heavy (non-hydrogen) atoms. The molecule has 6 aromatic carbocycles. The normalized spacial score (nSPS) is 13.4. The summed E-state index contributed by atoms with van der Waals surface area (Å²) in [7, 11) is 0. The maximum atomic E-state index is 14.8. The average molecular weight is 807 g/mol. The third-order valence-corrected chi connectivity index (χ3v) is 12.2. The van der Waals surface area contributed by atoms with Gasteiger partial charge in [0.2, 0.25) is 0 Å². The lowest BCUT2D eigenvalue weighted by Gasteiger charge is -2.29. The summed E-state index contributed by atoms with van der Waals surface area (Å²) in [5, 5.41) is 1.75. The van der Waals surface area contributed by atoms with Gasteiger partial charge in [0, 0.05) is 46.0 Å². The van der Waals surface area contributed by atoms with Crippen LogP contribution in [-0.2, 0) is 16.2 Å². The number of halogens is 1. The summed E-state index contributed by atoms with van der Waals surface area (Å²) in [6.45, 7) is 23.2. The standard InChI is InChI=1S/C55H55FN4O/c1-35-26-52(57-33-47(35)36-18-20-37(21-19-36)53(2,3)4)60-48-25-22-40(56)30-46(48)45-24-23-44(32-51(45)60)61-43-15-13-14-41(31-43)58-34-59(50-17-12-11-16-49(50)58)42-28-38(54(5,6)7)27-39(29-42)55(8,9)10/h11-33H,34H2,1-10H3. The van der Waals surface area contributed by atoms with Crippen molar-refractivity contribution in [1.82, 2.24) is 9.55 Å². The second-order valence-electron chi connectivity index (χ2n) is 19.7. The molecule has 0 saturated heterocycles.